The fourth-order valence-corrected chi connectivity index (χ4v) is 2.02. The highest BCUT2D eigenvalue weighted by atomic mass is 35.5. The Bertz CT molecular complexity index is 535. The van der Waals surface area contributed by atoms with E-state index in [1.54, 1.807) is 0 Å². The van der Waals surface area contributed by atoms with Crippen LogP contribution in [0, 0.1) is 13.8 Å². The van der Waals surface area contributed by atoms with Gasteiger partial charge in [0.25, 0.3) is 0 Å². The molecule has 0 aliphatic heterocycles. The Labute approximate surface area is 101 Å². The second-order valence-corrected chi connectivity index (χ2v) is 4.32. The standard InChI is InChI=1S/C13H15ClN2/c1-4-15-12-7-8(2)16-13-9(3)11(14)6-5-10(12)13/h5-7H,4H2,1-3H3,(H,15,16). The number of rotatable bonds is 2. The molecule has 2 nitrogen and oxygen atoms in total. The average molecular weight is 235 g/mol. The minimum absolute atomic E-state index is 0.771. The number of fused-ring (bicyclic) bond motifs is 1. The molecule has 0 unspecified atom stereocenters. The van der Waals surface area contributed by atoms with Gasteiger partial charge in [-0.2, -0.15) is 0 Å². The normalized spacial score (nSPS) is 10.8. The maximum absolute atomic E-state index is 6.11. The van der Waals surface area contributed by atoms with Crippen LogP contribution in [-0.4, -0.2) is 11.5 Å². The number of anilines is 1. The molecule has 0 saturated heterocycles. The quantitative estimate of drug-likeness (QED) is 0.852. The summed E-state index contributed by atoms with van der Waals surface area (Å²) >= 11 is 6.11. The van der Waals surface area contributed by atoms with Crippen molar-refractivity contribution >= 4 is 28.2 Å². The molecule has 84 valence electrons. The number of halogens is 1. The van der Waals surface area contributed by atoms with E-state index in [2.05, 4.69) is 23.3 Å². The van der Waals surface area contributed by atoms with Gasteiger partial charge in [0, 0.05) is 28.3 Å². The van der Waals surface area contributed by atoms with Crippen LogP contribution in [0.15, 0.2) is 18.2 Å². The third-order valence-corrected chi connectivity index (χ3v) is 3.07. The van der Waals surface area contributed by atoms with Gasteiger partial charge in [0.2, 0.25) is 0 Å². The molecule has 3 heteroatoms. The van der Waals surface area contributed by atoms with Crippen molar-refractivity contribution in [3.8, 4) is 0 Å². The van der Waals surface area contributed by atoms with E-state index in [1.165, 1.54) is 0 Å². The van der Waals surface area contributed by atoms with Crippen molar-refractivity contribution in [3.05, 3.63) is 34.5 Å². The predicted octanol–water partition coefficient (Wildman–Crippen LogP) is 3.94. The second kappa shape index (κ2) is 4.30. The van der Waals surface area contributed by atoms with Gasteiger partial charge in [-0.1, -0.05) is 11.6 Å². The molecule has 0 aliphatic carbocycles. The van der Waals surface area contributed by atoms with Gasteiger partial charge in [0.1, 0.15) is 0 Å². The van der Waals surface area contributed by atoms with Crippen LogP contribution in [0.5, 0.6) is 0 Å². The molecule has 0 amide bonds. The Hall–Kier alpha value is -1.28. The number of pyridine rings is 1. The monoisotopic (exact) mass is 234 g/mol. The SMILES string of the molecule is CCNc1cc(C)nc2c(C)c(Cl)ccc12. The molecule has 2 aromatic rings. The van der Waals surface area contributed by atoms with Crippen LogP contribution >= 0.6 is 11.6 Å². The Kier molecular flexibility index (Phi) is 3.01. The molecule has 0 spiro atoms. The Morgan fingerprint density at radius 1 is 1.31 bits per heavy atom. The lowest BCUT2D eigenvalue weighted by atomic mass is 10.1. The maximum Gasteiger partial charge on any atom is 0.0769 e. The fourth-order valence-electron chi connectivity index (χ4n) is 1.87. The van der Waals surface area contributed by atoms with Crippen LogP contribution in [0.1, 0.15) is 18.2 Å². The number of aryl methyl sites for hydroxylation is 2. The smallest absolute Gasteiger partial charge is 0.0769 e. The predicted molar refractivity (Wildman–Crippen MR) is 70.4 cm³/mol. The van der Waals surface area contributed by atoms with Crippen molar-refractivity contribution in [3.63, 3.8) is 0 Å². The van der Waals surface area contributed by atoms with E-state index in [1.807, 2.05) is 26.0 Å². The highest BCUT2D eigenvalue weighted by molar-refractivity contribution is 6.32. The number of nitrogens with zero attached hydrogens (tertiary/aromatic N) is 1. The summed E-state index contributed by atoms with van der Waals surface area (Å²) in [5.74, 6) is 0. The molecule has 1 heterocycles. The Balaban J connectivity index is 2.78. The molecule has 0 radical (unpaired) electrons. The first-order valence-corrected chi connectivity index (χ1v) is 5.81. The molecule has 1 aromatic carbocycles. The lowest BCUT2D eigenvalue weighted by molar-refractivity contribution is 1.19. The molecule has 0 saturated carbocycles. The third kappa shape index (κ3) is 1.85. The molecule has 0 bridgehead atoms. The van der Waals surface area contributed by atoms with Gasteiger partial charge in [-0.25, -0.2) is 0 Å². The van der Waals surface area contributed by atoms with Crippen molar-refractivity contribution in [1.82, 2.24) is 4.98 Å². The van der Waals surface area contributed by atoms with Gasteiger partial charge in [0.15, 0.2) is 0 Å². The summed E-state index contributed by atoms with van der Waals surface area (Å²) in [5.41, 5.74) is 4.17. The zero-order valence-corrected chi connectivity index (χ0v) is 10.5. The van der Waals surface area contributed by atoms with Crippen LogP contribution in [0.3, 0.4) is 0 Å². The number of hydrogen-bond donors (Lipinski definition) is 1. The lowest BCUT2D eigenvalue weighted by Crippen LogP contribution is -2.00. The van der Waals surface area contributed by atoms with Crippen molar-refractivity contribution in [2.24, 2.45) is 0 Å². The first-order chi connectivity index (χ1) is 7.63. The van der Waals surface area contributed by atoms with Crippen LogP contribution in [0.2, 0.25) is 5.02 Å². The average Bonchev–Trinajstić information content (AvgIpc) is 2.24. The topological polar surface area (TPSA) is 24.9 Å². The number of nitrogens with one attached hydrogen (secondary N) is 1. The Morgan fingerprint density at radius 2 is 2.06 bits per heavy atom. The summed E-state index contributed by atoms with van der Waals surface area (Å²) in [6.45, 7) is 7.00. The van der Waals surface area contributed by atoms with Gasteiger partial charge in [-0.05, 0) is 44.5 Å². The van der Waals surface area contributed by atoms with E-state index in [0.29, 0.717) is 0 Å². The minimum atomic E-state index is 0.771. The summed E-state index contributed by atoms with van der Waals surface area (Å²) in [7, 11) is 0. The van der Waals surface area contributed by atoms with E-state index in [0.717, 1.165) is 39.4 Å². The molecular formula is C13H15ClN2. The molecule has 1 N–H and O–H groups in total. The van der Waals surface area contributed by atoms with Gasteiger partial charge >= 0.3 is 0 Å². The lowest BCUT2D eigenvalue weighted by Gasteiger charge is -2.11. The summed E-state index contributed by atoms with van der Waals surface area (Å²) in [4.78, 5) is 4.55. The zero-order valence-electron chi connectivity index (χ0n) is 9.76. The third-order valence-electron chi connectivity index (χ3n) is 2.66. The van der Waals surface area contributed by atoms with Crippen LogP contribution in [0.4, 0.5) is 5.69 Å². The number of aromatic nitrogens is 1. The second-order valence-electron chi connectivity index (χ2n) is 3.91. The largest absolute Gasteiger partial charge is 0.385 e. The van der Waals surface area contributed by atoms with Crippen LogP contribution in [0.25, 0.3) is 10.9 Å². The zero-order chi connectivity index (χ0) is 11.7. The van der Waals surface area contributed by atoms with Crippen molar-refractivity contribution in [2.45, 2.75) is 20.8 Å². The molecular weight excluding hydrogens is 220 g/mol. The first kappa shape index (κ1) is 11.2. The van der Waals surface area contributed by atoms with Crippen molar-refractivity contribution in [2.75, 3.05) is 11.9 Å². The Morgan fingerprint density at radius 3 is 2.75 bits per heavy atom. The molecule has 0 atom stereocenters. The van der Waals surface area contributed by atoms with E-state index >= 15 is 0 Å². The van der Waals surface area contributed by atoms with Crippen LogP contribution < -0.4 is 5.32 Å². The molecule has 0 aliphatic rings. The van der Waals surface area contributed by atoms with Crippen molar-refractivity contribution in [1.29, 1.82) is 0 Å². The van der Waals surface area contributed by atoms with Crippen LogP contribution in [-0.2, 0) is 0 Å². The summed E-state index contributed by atoms with van der Waals surface area (Å²) in [6, 6.07) is 6.02. The van der Waals surface area contributed by atoms with Gasteiger partial charge in [0.05, 0.1) is 5.52 Å². The van der Waals surface area contributed by atoms with E-state index in [-0.39, 0.29) is 0 Å². The summed E-state index contributed by atoms with van der Waals surface area (Å²) < 4.78 is 0. The minimum Gasteiger partial charge on any atom is -0.385 e. The molecule has 0 fully saturated rings. The highest BCUT2D eigenvalue weighted by Crippen LogP contribution is 2.29. The first-order valence-electron chi connectivity index (χ1n) is 5.43. The van der Waals surface area contributed by atoms with E-state index < -0.39 is 0 Å². The molecule has 16 heavy (non-hydrogen) atoms. The van der Waals surface area contributed by atoms with Gasteiger partial charge in [-0.3, -0.25) is 4.98 Å². The number of benzene rings is 1. The number of hydrogen-bond acceptors (Lipinski definition) is 2. The molecule has 1 aromatic heterocycles. The maximum atomic E-state index is 6.11. The summed E-state index contributed by atoms with van der Waals surface area (Å²) in [6.07, 6.45) is 0. The van der Waals surface area contributed by atoms with E-state index in [4.69, 9.17) is 11.6 Å². The van der Waals surface area contributed by atoms with E-state index in [9.17, 15) is 0 Å². The van der Waals surface area contributed by atoms with Gasteiger partial charge < -0.3 is 5.32 Å². The van der Waals surface area contributed by atoms with Gasteiger partial charge in [-0.15, -0.1) is 0 Å². The fraction of sp³-hybridized carbons (Fsp3) is 0.308. The summed E-state index contributed by atoms with van der Waals surface area (Å²) in [5, 5.41) is 5.26. The van der Waals surface area contributed by atoms with Crippen molar-refractivity contribution < 1.29 is 0 Å². The highest BCUT2D eigenvalue weighted by Gasteiger charge is 2.07. The molecule has 2 rings (SSSR count).